The van der Waals surface area contributed by atoms with Crippen LogP contribution in [-0.2, 0) is 17.1 Å². The molecule has 0 bridgehead atoms. The summed E-state index contributed by atoms with van der Waals surface area (Å²) in [4.78, 5) is 11.0. The van der Waals surface area contributed by atoms with Crippen LogP contribution in [0.4, 0.5) is 0 Å². The Labute approximate surface area is 125 Å². The number of hydrogen-bond donors (Lipinski definition) is 2. The molecule has 0 aromatic carbocycles. The molecule has 21 heavy (non-hydrogen) atoms. The van der Waals surface area contributed by atoms with Gasteiger partial charge in [0.25, 0.3) is 0 Å². The molecule has 1 unspecified atom stereocenters. The van der Waals surface area contributed by atoms with E-state index in [9.17, 15) is 13.2 Å². The Balaban J connectivity index is 2.19. The molecule has 1 atom stereocenters. The monoisotopic (exact) mass is 314 g/mol. The first kappa shape index (κ1) is 16.0. The van der Waals surface area contributed by atoms with E-state index in [0.717, 1.165) is 25.7 Å². The lowest BCUT2D eigenvalue weighted by Crippen LogP contribution is -2.40. The molecule has 6 nitrogen and oxygen atoms in total. The van der Waals surface area contributed by atoms with Crippen LogP contribution in [-0.4, -0.2) is 30.1 Å². The molecule has 1 aromatic rings. The molecule has 0 amide bonds. The zero-order valence-corrected chi connectivity index (χ0v) is 13.4. The minimum Gasteiger partial charge on any atom is -0.477 e. The first-order valence-electron chi connectivity index (χ1n) is 7.03. The zero-order chi connectivity index (χ0) is 15.8. The van der Waals surface area contributed by atoms with Gasteiger partial charge in [-0.15, -0.1) is 0 Å². The Kier molecular flexibility index (Phi) is 4.17. The van der Waals surface area contributed by atoms with E-state index in [1.54, 1.807) is 0 Å². The quantitative estimate of drug-likeness (QED) is 0.889. The molecular formula is C14H22N2O4S. The molecule has 2 rings (SSSR count). The summed E-state index contributed by atoms with van der Waals surface area (Å²) in [5.41, 5.74) is 0.0910. The summed E-state index contributed by atoms with van der Waals surface area (Å²) < 4.78 is 28.8. The fourth-order valence-electron chi connectivity index (χ4n) is 2.98. The SMILES string of the molecule is Cn1cc(S(=O)(=O)NC2CCCC(C)(C)C2)cc1C(=O)O. The van der Waals surface area contributed by atoms with E-state index in [-0.39, 0.29) is 22.0 Å². The van der Waals surface area contributed by atoms with E-state index in [1.165, 1.54) is 23.9 Å². The van der Waals surface area contributed by atoms with Crippen molar-refractivity contribution in [2.24, 2.45) is 12.5 Å². The maximum Gasteiger partial charge on any atom is 0.352 e. The third-order valence-corrected chi connectivity index (χ3v) is 5.52. The maximum absolute atomic E-state index is 12.4. The number of hydrogen-bond acceptors (Lipinski definition) is 3. The second kappa shape index (κ2) is 5.46. The van der Waals surface area contributed by atoms with Gasteiger partial charge in [0, 0.05) is 19.3 Å². The molecule has 1 saturated carbocycles. The highest BCUT2D eigenvalue weighted by atomic mass is 32.2. The molecule has 0 spiro atoms. The van der Waals surface area contributed by atoms with Gasteiger partial charge in [0.1, 0.15) is 10.6 Å². The second-order valence-corrected chi connectivity index (χ2v) is 8.27. The average molecular weight is 314 g/mol. The lowest BCUT2D eigenvalue weighted by atomic mass is 9.75. The third-order valence-electron chi connectivity index (χ3n) is 4.04. The molecule has 7 heteroatoms. The molecule has 0 saturated heterocycles. The number of sulfonamides is 1. The number of carboxylic acid groups (broad SMARTS) is 1. The first-order valence-corrected chi connectivity index (χ1v) is 8.51. The molecule has 1 aliphatic rings. The van der Waals surface area contributed by atoms with Crippen molar-refractivity contribution < 1.29 is 18.3 Å². The van der Waals surface area contributed by atoms with Crippen molar-refractivity contribution in [3.05, 3.63) is 18.0 Å². The predicted octanol–water partition coefficient (Wildman–Crippen LogP) is 1.97. The molecule has 1 aliphatic carbocycles. The van der Waals surface area contributed by atoms with E-state index in [4.69, 9.17) is 5.11 Å². The number of nitrogens with one attached hydrogen (secondary N) is 1. The minimum absolute atomic E-state index is 0.00535. The van der Waals surface area contributed by atoms with Crippen LogP contribution in [0.2, 0.25) is 0 Å². The molecule has 0 aliphatic heterocycles. The summed E-state index contributed by atoms with van der Waals surface area (Å²) in [6.45, 7) is 4.27. The topological polar surface area (TPSA) is 88.4 Å². The van der Waals surface area contributed by atoms with Gasteiger partial charge in [0.05, 0.1) is 0 Å². The summed E-state index contributed by atoms with van der Waals surface area (Å²) in [6, 6.07) is 1.10. The Morgan fingerprint density at radius 2 is 2.14 bits per heavy atom. The van der Waals surface area contributed by atoms with Gasteiger partial charge in [-0.25, -0.2) is 17.9 Å². The summed E-state index contributed by atoms with van der Waals surface area (Å²) >= 11 is 0. The lowest BCUT2D eigenvalue weighted by molar-refractivity contribution is 0.0686. The zero-order valence-electron chi connectivity index (χ0n) is 12.6. The maximum atomic E-state index is 12.4. The summed E-state index contributed by atoms with van der Waals surface area (Å²) in [7, 11) is -2.16. The smallest absolute Gasteiger partial charge is 0.352 e. The number of nitrogens with zero attached hydrogens (tertiary/aromatic N) is 1. The van der Waals surface area contributed by atoms with Crippen LogP contribution in [0.3, 0.4) is 0 Å². The van der Waals surface area contributed by atoms with E-state index >= 15 is 0 Å². The number of aromatic nitrogens is 1. The van der Waals surface area contributed by atoms with Crippen molar-refractivity contribution in [3.8, 4) is 0 Å². The van der Waals surface area contributed by atoms with Crippen molar-refractivity contribution in [3.63, 3.8) is 0 Å². The van der Waals surface area contributed by atoms with E-state index in [0.29, 0.717) is 0 Å². The van der Waals surface area contributed by atoms with Gasteiger partial charge in [0.15, 0.2) is 0 Å². The number of rotatable bonds is 4. The van der Waals surface area contributed by atoms with Crippen molar-refractivity contribution in [2.45, 2.75) is 50.5 Å². The second-order valence-electron chi connectivity index (χ2n) is 6.56. The molecule has 1 fully saturated rings. The normalized spacial score (nSPS) is 22.1. The van der Waals surface area contributed by atoms with Crippen LogP contribution in [0.5, 0.6) is 0 Å². The van der Waals surface area contributed by atoms with Crippen LogP contribution in [0.25, 0.3) is 0 Å². The van der Waals surface area contributed by atoms with Crippen LogP contribution >= 0.6 is 0 Å². The van der Waals surface area contributed by atoms with Gasteiger partial charge in [-0.1, -0.05) is 20.3 Å². The van der Waals surface area contributed by atoms with Crippen molar-refractivity contribution in [2.75, 3.05) is 0 Å². The predicted molar refractivity (Wildman–Crippen MR) is 78.7 cm³/mol. The number of aryl methyl sites for hydroxylation is 1. The first-order chi connectivity index (χ1) is 9.61. The summed E-state index contributed by atoms with van der Waals surface area (Å²) in [6.07, 6.45) is 5.04. The fourth-order valence-corrected chi connectivity index (χ4v) is 4.32. The van der Waals surface area contributed by atoms with Crippen LogP contribution < -0.4 is 4.72 Å². The number of carboxylic acids is 1. The molecule has 2 N–H and O–H groups in total. The number of carbonyl (C=O) groups is 1. The Hall–Kier alpha value is -1.34. The molecule has 1 heterocycles. The fraction of sp³-hybridized carbons (Fsp3) is 0.643. The average Bonchev–Trinajstić information content (AvgIpc) is 2.70. The summed E-state index contributed by atoms with van der Waals surface area (Å²) in [5.74, 6) is -1.14. The highest BCUT2D eigenvalue weighted by Crippen LogP contribution is 2.35. The minimum atomic E-state index is -3.68. The molecule has 1 aromatic heterocycles. The molecule has 0 radical (unpaired) electrons. The van der Waals surface area contributed by atoms with Crippen LogP contribution in [0.15, 0.2) is 17.2 Å². The van der Waals surface area contributed by atoms with Gasteiger partial charge < -0.3 is 9.67 Å². The standard InChI is InChI=1S/C14H22N2O4S/c1-14(2)6-4-5-10(8-14)15-21(19,20)11-7-12(13(17)18)16(3)9-11/h7,9-10,15H,4-6,8H2,1-3H3,(H,17,18). The number of aromatic carboxylic acids is 1. The van der Waals surface area contributed by atoms with E-state index < -0.39 is 16.0 Å². The van der Waals surface area contributed by atoms with Crippen molar-refractivity contribution in [1.82, 2.24) is 9.29 Å². The molecule has 118 valence electrons. The lowest BCUT2D eigenvalue weighted by Gasteiger charge is -2.35. The van der Waals surface area contributed by atoms with Gasteiger partial charge in [-0.05, 0) is 30.7 Å². The van der Waals surface area contributed by atoms with Gasteiger partial charge in [-0.2, -0.15) is 0 Å². The third kappa shape index (κ3) is 3.65. The Bertz CT molecular complexity index is 646. The summed E-state index contributed by atoms with van der Waals surface area (Å²) in [5, 5.41) is 9.00. The molecular weight excluding hydrogens is 292 g/mol. The van der Waals surface area contributed by atoms with Crippen molar-refractivity contribution >= 4 is 16.0 Å². The van der Waals surface area contributed by atoms with Gasteiger partial charge in [-0.3, -0.25) is 0 Å². The van der Waals surface area contributed by atoms with Crippen LogP contribution in [0.1, 0.15) is 50.0 Å². The Morgan fingerprint density at radius 3 is 2.67 bits per heavy atom. The van der Waals surface area contributed by atoms with Crippen LogP contribution in [0, 0.1) is 5.41 Å². The highest BCUT2D eigenvalue weighted by Gasteiger charge is 2.31. The largest absolute Gasteiger partial charge is 0.477 e. The van der Waals surface area contributed by atoms with Gasteiger partial charge in [0.2, 0.25) is 10.0 Å². The highest BCUT2D eigenvalue weighted by molar-refractivity contribution is 7.89. The van der Waals surface area contributed by atoms with Gasteiger partial charge >= 0.3 is 5.97 Å². The van der Waals surface area contributed by atoms with E-state index in [2.05, 4.69) is 18.6 Å². The Morgan fingerprint density at radius 1 is 1.48 bits per heavy atom. The van der Waals surface area contributed by atoms with Crippen molar-refractivity contribution in [1.29, 1.82) is 0 Å². The van der Waals surface area contributed by atoms with E-state index in [1.807, 2.05) is 0 Å².